The van der Waals surface area contributed by atoms with E-state index in [0.29, 0.717) is 12.0 Å². The van der Waals surface area contributed by atoms with Crippen molar-refractivity contribution in [2.45, 2.75) is 32.7 Å². The molecule has 0 radical (unpaired) electrons. The van der Waals surface area contributed by atoms with Gasteiger partial charge in [-0.05, 0) is 23.6 Å². The zero-order valence-corrected chi connectivity index (χ0v) is 11.6. The van der Waals surface area contributed by atoms with E-state index in [-0.39, 0.29) is 12.3 Å². The minimum atomic E-state index is -1.03. The molecule has 5 nitrogen and oxygen atoms in total. The molecule has 2 unspecified atom stereocenters. The van der Waals surface area contributed by atoms with Crippen molar-refractivity contribution in [2.75, 3.05) is 0 Å². The zero-order valence-electron chi connectivity index (χ0n) is 11.6. The highest BCUT2D eigenvalue weighted by molar-refractivity contribution is 5.96. The maximum absolute atomic E-state index is 12.0. The van der Waals surface area contributed by atoms with Crippen LogP contribution in [-0.2, 0) is 11.2 Å². The van der Waals surface area contributed by atoms with Gasteiger partial charge in [0.15, 0.2) is 0 Å². The van der Waals surface area contributed by atoms with Gasteiger partial charge in [0.1, 0.15) is 6.04 Å². The van der Waals surface area contributed by atoms with Crippen LogP contribution in [0.1, 0.15) is 36.2 Å². The minimum absolute atomic E-state index is 0.144. The molecule has 0 saturated heterocycles. The Labute approximate surface area is 118 Å². The number of carboxylic acid groups (broad SMARTS) is 1. The van der Waals surface area contributed by atoms with Gasteiger partial charge in [-0.2, -0.15) is 5.26 Å². The van der Waals surface area contributed by atoms with Crippen molar-refractivity contribution in [1.29, 1.82) is 5.26 Å². The summed E-state index contributed by atoms with van der Waals surface area (Å²) in [5.74, 6) is -1.59. The number of carbonyl (C=O) groups excluding carboxylic acids is 1. The average Bonchev–Trinajstić information content (AvgIpc) is 2.44. The highest BCUT2D eigenvalue weighted by Crippen LogP contribution is 2.10. The zero-order chi connectivity index (χ0) is 15.1. The van der Waals surface area contributed by atoms with Gasteiger partial charge in [0.25, 0.3) is 5.91 Å². The maximum Gasteiger partial charge on any atom is 0.326 e. The number of nitriles is 1. The summed E-state index contributed by atoms with van der Waals surface area (Å²) in [7, 11) is 0. The second-order valence-electron chi connectivity index (χ2n) is 4.71. The second kappa shape index (κ2) is 7.29. The fourth-order valence-corrected chi connectivity index (χ4v) is 1.77. The number of hydrogen-bond acceptors (Lipinski definition) is 3. The summed E-state index contributed by atoms with van der Waals surface area (Å²) >= 11 is 0. The van der Waals surface area contributed by atoms with Gasteiger partial charge in [-0.15, -0.1) is 0 Å². The summed E-state index contributed by atoms with van der Waals surface area (Å²) < 4.78 is 0. The number of benzene rings is 1. The number of carboxylic acids is 1. The molecular weight excluding hydrogens is 256 g/mol. The van der Waals surface area contributed by atoms with Crippen LogP contribution in [0.4, 0.5) is 0 Å². The third-order valence-electron chi connectivity index (χ3n) is 3.26. The van der Waals surface area contributed by atoms with Crippen LogP contribution in [0.25, 0.3) is 0 Å². The highest BCUT2D eigenvalue weighted by Gasteiger charge is 2.25. The van der Waals surface area contributed by atoms with Crippen molar-refractivity contribution in [2.24, 2.45) is 5.92 Å². The fourth-order valence-electron chi connectivity index (χ4n) is 1.77. The topological polar surface area (TPSA) is 90.2 Å². The summed E-state index contributed by atoms with van der Waals surface area (Å²) in [6.45, 7) is 3.67. The molecule has 106 valence electrons. The van der Waals surface area contributed by atoms with E-state index >= 15 is 0 Å². The van der Waals surface area contributed by atoms with Crippen molar-refractivity contribution >= 4 is 11.9 Å². The van der Waals surface area contributed by atoms with Gasteiger partial charge in [0.2, 0.25) is 0 Å². The number of amides is 1. The van der Waals surface area contributed by atoms with Gasteiger partial charge in [0, 0.05) is 5.56 Å². The van der Waals surface area contributed by atoms with E-state index in [2.05, 4.69) is 5.32 Å². The number of hydrogen-bond donors (Lipinski definition) is 2. The molecule has 2 atom stereocenters. The lowest BCUT2D eigenvalue weighted by molar-refractivity contribution is -0.140. The van der Waals surface area contributed by atoms with Gasteiger partial charge in [-0.25, -0.2) is 4.79 Å². The predicted molar refractivity (Wildman–Crippen MR) is 74.1 cm³/mol. The van der Waals surface area contributed by atoms with E-state index in [9.17, 15) is 9.59 Å². The molecule has 0 spiro atoms. The predicted octanol–water partition coefficient (Wildman–Crippen LogP) is 1.98. The van der Waals surface area contributed by atoms with E-state index < -0.39 is 17.9 Å². The third kappa shape index (κ3) is 4.09. The summed E-state index contributed by atoms with van der Waals surface area (Å²) in [5, 5.41) is 20.2. The summed E-state index contributed by atoms with van der Waals surface area (Å²) in [6.07, 6.45) is 0.949. The van der Waals surface area contributed by atoms with Crippen LogP contribution >= 0.6 is 0 Å². The normalized spacial score (nSPS) is 13.1. The second-order valence-corrected chi connectivity index (χ2v) is 4.71. The SMILES string of the molecule is CCC(C)C(NC(=O)c1ccc(CC#N)cc1)C(=O)O. The van der Waals surface area contributed by atoms with E-state index in [1.807, 2.05) is 13.0 Å². The first-order valence-electron chi connectivity index (χ1n) is 6.49. The molecule has 0 aliphatic heterocycles. The Morgan fingerprint density at radius 1 is 1.35 bits per heavy atom. The molecule has 0 aliphatic rings. The molecule has 0 fully saturated rings. The molecule has 2 N–H and O–H groups in total. The maximum atomic E-state index is 12.0. The van der Waals surface area contributed by atoms with Gasteiger partial charge in [-0.1, -0.05) is 32.4 Å². The van der Waals surface area contributed by atoms with Crippen LogP contribution in [0, 0.1) is 17.2 Å². The minimum Gasteiger partial charge on any atom is -0.480 e. The number of aliphatic carboxylic acids is 1. The molecule has 0 aliphatic carbocycles. The molecule has 0 bridgehead atoms. The first-order chi connectivity index (χ1) is 9.49. The lowest BCUT2D eigenvalue weighted by Gasteiger charge is -2.20. The molecule has 0 saturated carbocycles. The van der Waals surface area contributed by atoms with E-state index in [0.717, 1.165) is 5.56 Å². The third-order valence-corrected chi connectivity index (χ3v) is 3.26. The van der Waals surface area contributed by atoms with Crippen molar-refractivity contribution in [3.05, 3.63) is 35.4 Å². The Balaban J connectivity index is 2.79. The van der Waals surface area contributed by atoms with Crippen LogP contribution in [-0.4, -0.2) is 23.0 Å². The van der Waals surface area contributed by atoms with Crippen LogP contribution in [0.15, 0.2) is 24.3 Å². The Kier molecular flexibility index (Phi) is 5.73. The van der Waals surface area contributed by atoms with Crippen molar-refractivity contribution < 1.29 is 14.7 Å². The first kappa shape index (κ1) is 15.7. The highest BCUT2D eigenvalue weighted by atomic mass is 16.4. The van der Waals surface area contributed by atoms with Crippen LogP contribution < -0.4 is 5.32 Å². The Bertz CT molecular complexity index is 517. The number of nitrogens with zero attached hydrogens (tertiary/aromatic N) is 1. The molecule has 0 heterocycles. The monoisotopic (exact) mass is 274 g/mol. The Morgan fingerprint density at radius 3 is 2.40 bits per heavy atom. The Hall–Kier alpha value is -2.35. The lowest BCUT2D eigenvalue weighted by Crippen LogP contribution is -2.45. The lowest BCUT2D eigenvalue weighted by atomic mass is 9.99. The quantitative estimate of drug-likeness (QED) is 0.830. The van der Waals surface area contributed by atoms with Gasteiger partial charge < -0.3 is 10.4 Å². The molecule has 1 rings (SSSR count). The number of nitrogens with one attached hydrogen (secondary N) is 1. The van der Waals surface area contributed by atoms with E-state index in [4.69, 9.17) is 10.4 Å². The van der Waals surface area contributed by atoms with Crippen LogP contribution in [0.3, 0.4) is 0 Å². The van der Waals surface area contributed by atoms with Crippen molar-refractivity contribution in [1.82, 2.24) is 5.32 Å². The van der Waals surface area contributed by atoms with Crippen molar-refractivity contribution in [3.8, 4) is 6.07 Å². The van der Waals surface area contributed by atoms with Crippen molar-refractivity contribution in [3.63, 3.8) is 0 Å². The van der Waals surface area contributed by atoms with Crippen LogP contribution in [0.5, 0.6) is 0 Å². The van der Waals surface area contributed by atoms with E-state index in [1.165, 1.54) is 0 Å². The number of carbonyl (C=O) groups is 2. The number of rotatable bonds is 6. The van der Waals surface area contributed by atoms with E-state index in [1.54, 1.807) is 31.2 Å². The standard InChI is InChI=1S/C15H18N2O3/c1-3-10(2)13(15(19)20)17-14(18)12-6-4-11(5-7-12)8-9-16/h4-7,10,13H,3,8H2,1-2H3,(H,17,18)(H,19,20). The molecule has 1 aromatic carbocycles. The van der Waals surface area contributed by atoms with Gasteiger partial charge in [0.05, 0.1) is 12.5 Å². The first-order valence-corrected chi connectivity index (χ1v) is 6.49. The molecule has 1 amide bonds. The average molecular weight is 274 g/mol. The molecule has 1 aromatic rings. The molecule has 20 heavy (non-hydrogen) atoms. The molecule has 0 aromatic heterocycles. The summed E-state index contributed by atoms with van der Waals surface area (Å²) in [4.78, 5) is 23.2. The largest absolute Gasteiger partial charge is 0.480 e. The summed E-state index contributed by atoms with van der Waals surface area (Å²) in [5.41, 5.74) is 1.21. The van der Waals surface area contributed by atoms with Gasteiger partial charge in [-0.3, -0.25) is 4.79 Å². The Morgan fingerprint density at radius 2 is 1.95 bits per heavy atom. The molecule has 5 heteroatoms. The smallest absolute Gasteiger partial charge is 0.326 e. The molecular formula is C15H18N2O3. The summed E-state index contributed by atoms with van der Waals surface area (Å²) in [6, 6.07) is 7.70. The fraction of sp³-hybridized carbons (Fsp3) is 0.400. The van der Waals surface area contributed by atoms with Gasteiger partial charge >= 0.3 is 5.97 Å². The van der Waals surface area contributed by atoms with Crippen LogP contribution in [0.2, 0.25) is 0 Å².